The minimum absolute atomic E-state index is 0.171. The lowest BCUT2D eigenvalue weighted by atomic mass is 10.1. The van der Waals surface area contributed by atoms with Gasteiger partial charge in [0.15, 0.2) is 0 Å². The van der Waals surface area contributed by atoms with E-state index in [1.807, 2.05) is 36.4 Å². The molecule has 2 aromatic rings. The predicted molar refractivity (Wildman–Crippen MR) is 97.1 cm³/mol. The van der Waals surface area contributed by atoms with Gasteiger partial charge in [0.05, 0.1) is 19.2 Å². The molecule has 0 aromatic heterocycles. The second-order valence-electron chi connectivity index (χ2n) is 5.48. The van der Waals surface area contributed by atoms with Crippen LogP contribution in [0.15, 0.2) is 53.6 Å². The first-order valence-corrected chi connectivity index (χ1v) is 8.06. The first-order valence-electron chi connectivity index (χ1n) is 8.06. The third-order valence-corrected chi connectivity index (χ3v) is 3.39. The van der Waals surface area contributed by atoms with Crippen LogP contribution in [0, 0.1) is 0 Å². The Bertz CT molecular complexity index is 664. The van der Waals surface area contributed by atoms with Gasteiger partial charge in [-0.05, 0) is 53.9 Å². The van der Waals surface area contributed by atoms with Crippen LogP contribution in [0.3, 0.4) is 0 Å². The first kappa shape index (κ1) is 17.5. The Morgan fingerprint density at radius 3 is 2.54 bits per heavy atom. The van der Waals surface area contributed by atoms with Gasteiger partial charge in [0.25, 0.3) is 0 Å². The van der Waals surface area contributed by atoms with Crippen LogP contribution >= 0.6 is 0 Å². The number of hydrazone groups is 1. The Kier molecular flexibility index (Phi) is 6.83. The number of nitrogens with one attached hydrogen (secondary N) is 1. The minimum atomic E-state index is -0.171. The van der Waals surface area contributed by atoms with Crippen molar-refractivity contribution in [1.82, 2.24) is 5.43 Å². The average Bonchev–Trinajstić information content (AvgIpc) is 2.59. The van der Waals surface area contributed by atoms with Crippen LogP contribution in [-0.4, -0.2) is 18.7 Å². The number of hydrogen-bond donors (Lipinski definition) is 2. The number of hydrogen-bond acceptors (Lipinski definition) is 4. The van der Waals surface area contributed by atoms with E-state index in [1.54, 1.807) is 18.3 Å². The van der Waals surface area contributed by atoms with Crippen molar-refractivity contribution in [3.8, 4) is 5.75 Å². The SMILES string of the molecule is CCCCOc1ccc(/C=N\NC(=O)Cc2ccc(N)cc2)cc1. The van der Waals surface area contributed by atoms with Gasteiger partial charge in [-0.1, -0.05) is 25.5 Å². The van der Waals surface area contributed by atoms with E-state index in [-0.39, 0.29) is 12.3 Å². The third-order valence-electron chi connectivity index (χ3n) is 3.39. The highest BCUT2D eigenvalue weighted by Gasteiger charge is 2.01. The van der Waals surface area contributed by atoms with Crippen molar-refractivity contribution in [1.29, 1.82) is 0 Å². The first-order chi connectivity index (χ1) is 11.7. The highest BCUT2D eigenvalue weighted by Crippen LogP contribution is 2.11. The monoisotopic (exact) mass is 325 g/mol. The molecular formula is C19H23N3O2. The van der Waals surface area contributed by atoms with E-state index in [0.717, 1.165) is 36.3 Å². The molecule has 0 aliphatic heterocycles. The van der Waals surface area contributed by atoms with E-state index in [2.05, 4.69) is 17.5 Å². The molecule has 0 unspecified atom stereocenters. The summed E-state index contributed by atoms with van der Waals surface area (Å²) in [4.78, 5) is 11.8. The van der Waals surface area contributed by atoms with Crippen LogP contribution in [0.5, 0.6) is 5.75 Å². The lowest BCUT2D eigenvalue weighted by Crippen LogP contribution is -2.19. The summed E-state index contributed by atoms with van der Waals surface area (Å²) in [6.07, 6.45) is 4.03. The number of carbonyl (C=O) groups excluding carboxylic acids is 1. The van der Waals surface area contributed by atoms with Gasteiger partial charge in [-0.15, -0.1) is 0 Å². The Balaban J connectivity index is 1.78. The van der Waals surface area contributed by atoms with Crippen molar-refractivity contribution in [2.75, 3.05) is 12.3 Å². The van der Waals surface area contributed by atoms with Gasteiger partial charge in [0, 0.05) is 5.69 Å². The number of benzene rings is 2. The maximum Gasteiger partial charge on any atom is 0.244 e. The van der Waals surface area contributed by atoms with E-state index < -0.39 is 0 Å². The van der Waals surface area contributed by atoms with E-state index >= 15 is 0 Å². The van der Waals surface area contributed by atoms with Crippen molar-refractivity contribution >= 4 is 17.8 Å². The summed E-state index contributed by atoms with van der Waals surface area (Å²) in [5.74, 6) is 0.670. The van der Waals surface area contributed by atoms with Crippen LogP contribution in [0.1, 0.15) is 30.9 Å². The number of amides is 1. The fourth-order valence-electron chi connectivity index (χ4n) is 2.02. The molecule has 3 N–H and O–H groups in total. The molecular weight excluding hydrogens is 302 g/mol. The van der Waals surface area contributed by atoms with Crippen molar-refractivity contribution in [3.63, 3.8) is 0 Å². The highest BCUT2D eigenvalue weighted by molar-refractivity contribution is 5.83. The summed E-state index contributed by atoms with van der Waals surface area (Å²) in [6.45, 7) is 2.86. The van der Waals surface area contributed by atoms with Gasteiger partial charge < -0.3 is 10.5 Å². The summed E-state index contributed by atoms with van der Waals surface area (Å²) < 4.78 is 5.60. The van der Waals surface area contributed by atoms with Crippen molar-refractivity contribution in [2.45, 2.75) is 26.2 Å². The Hall–Kier alpha value is -2.82. The summed E-state index contributed by atoms with van der Waals surface area (Å²) in [6, 6.07) is 14.8. The lowest BCUT2D eigenvalue weighted by molar-refractivity contribution is -0.120. The molecule has 0 aliphatic rings. The molecule has 0 spiro atoms. The van der Waals surface area contributed by atoms with E-state index in [4.69, 9.17) is 10.5 Å². The molecule has 126 valence electrons. The topological polar surface area (TPSA) is 76.7 Å². The quantitative estimate of drug-likeness (QED) is 0.339. The number of rotatable bonds is 8. The third kappa shape index (κ3) is 6.12. The summed E-state index contributed by atoms with van der Waals surface area (Å²) >= 11 is 0. The number of anilines is 1. The molecule has 1 amide bonds. The number of unbranched alkanes of at least 4 members (excludes halogenated alkanes) is 1. The zero-order chi connectivity index (χ0) is 17.2. The normalized spacial score (nSPS) is 10.7. The zero-order valence-corrected chi connectivity index (χ0v) is 13.9. The van der Waals surface area contributed by atoms with Crippen molar-refractivity contribution < 1.29 is 9.53 Å². The number of nitrogens with zero attached hydrogens (tertiary/aromatic N) is 1. The van der Waals surface area contributed by atoms with Gasteiger partial charge in [-0.3, -0.25) is 4.79 Å². The Morgan fingerprint density at radius 1 is 1.17 bits per heavy atom. The fourth-order valence-corrected chi connectivity index (χ4v) is 2.02. The van der Waals surface area contributed by atoms with E-state index in [9.17, 15) is 4.79 Å². The molecule has 0 bridgehead atoms. The van der Waals surface area contributed by atoms with Crippen LogP contribution in [0.4, 0.5) is 5.69 Å². The molecule has 2 rings (SSSR count). The smallest absolute Gasteiger partial charge is 0.244 e. The van der Waals surface area contributed by atoms with E-state index in [0.29, 0.717) is 5.69 Å². The molecule has 5 heteroatoms. The lowest BCUT2D eigenvalue weighted by Gasteiger charge is -2.05. The van der Waals surface area contributed by atoms with Gasteiger partial charge >= 0.3 is 0 Å². The largest absolute Gasteiger partial charge is 0.494 e. The second kappa shape index (κ2) is 9.35. The molecule has 0 saturated heterocycles. The standard InChI is InChI=1S/C19H23N3O2/c1-2-3-12-24-18-10-6-16(7-11-18)14-21-22-19(23)13-15-4-8-17(20)9-5-15/h4-11,14H,2-3,12-13,20H2,1H3,(H,22,23)/b21-14-. The van der Waals surface area contributed by atoms with Crippen molar-refractivity contribution in [2.24, 2.45) is 5.10 Å². The predicted octanol–water partition coefficient (Wildman–Crippen LogP) is 3.14. The van der Waals surface area contributed by atoms with Crippen LogP contribution < -0.4 is 15.9 Å². The molecule has 0 radical (unpaired) electrons. The minimum Gasteiger partial charge on any atom is -0.494 e. The number of nitrogen functional groups attached to an aromatic ring is 1. The maximum absolute atomic E-state index is 11.8. The Morgan fingerprint density at radius 2 is 1.88 bits per heavy atom. The van der Waals surface area contributed by atoms with Gasteiger partial charge in [-0.2, -0.15) is 5.10 Å². The molecule has 24 heavy (non-hydrogen) atoms. The summed E-state index contributed by atoms with van der Waals surface area (Å²) in [7, 11) is 0. The van der Waals surface area contributed by atoms with E-state index in [1.165, 1.54) is 0 Å². The molecule has 5 nitrogen and oxygen atoms in total. The zero-order valence-electron chi connectivity index (χ0n) is 13.9. The van der Waals surface area contributed by atoms with Crippen LogP contribution in [0.2, 0.25) is 0 Å². The fraction of sp³-hybridized carbons (Fsp3) is 0.263. The summed E-state index contributed by atoms with van der Waals surface area (Å²) in [5.41, 5.74) is 10.6. The summed E-state index contributed by atoms with van der Waals surface area (Å²) in [5, 5.41) is 3.97. The molecule has 0 heterocycles. The molecule has 2 aromatic carbocycles. The number of carbonyl (C=O) groups is 1. The molecule has 0 aliphatic carbocycles. The molecule has 0 saturated carbocycles. The molecule has 0 fully saturated rings. The Labute approximate surface area is 142 Å². The number of ether oxygens (including phenoxy) is 1. The van der Waals surface area contributed by atoms with Crippen LogP contribution in [-0.2, 0) is 11.2 Å². The number of nitrogens with two attached hydrogens (primary N) is 1. The van der Waals surface area contributed by atoms with Crippen LogP contribution in [0.25, 0.3) is 0 Å². The van der Waals surface area contributed by atoms with Gasteiger partial charge in [0.2, 0.25) is 5.91 Å². The second-order valence-corrected chi connectivity index (χ2v) is 5.48. The van der Waals surface area contributed by atoms with Gasteiger partial charge in [0.1, 0.15) is 5.75 Å². The van der Waals surface area contributed by atoms with Gasteiger partial charge in [-0.25, -0.2) is 5.43 Å². The van der Waals surface area contributed by atoms with Crippen molar-refractivity contribution in [3.05, 3.63) is 59.7 Å². The maximum atomic E-state index is 11.8. The average molecular weight is 325 g/mol. The molecule has 0 atom stereocenters. The highest BCUT2D eigenvalue weighted by atomic mass is 16.5.